The zero-order valence-electron chi connectivity index (χ0n) is 12.4. The number of thioether (sulfide) groups is 1. The summed E-state index contributed by atoms with van der Waals surface area (Å²) in [6, 6.07) is 1.93. The highest BCUT2D eigenvalue weighted by Gasteiger charge is 2.15. The monoisotopic (exact) mass is 281 g/mol. The van der Waals surface area contributed by atoms with Crippen LogP contribution in [0.25, 0.3) is 0 Å². The van der Waals surface area contributed by atoms with Crippen molar-refractivity contribution < 1.29 is 4.79 Å². The summed E-state index contributed by atoms with van der Waals surface area (Å²) >= 11 is 1.48. The van der Waals surface area contributed by atoms with E-state index in [9.17, 15) is 4.79 Å². The molecule has 1 amide bonds. The maximum absolute atomic E-state index is 11.8. The zero-order valence-corrected chi connectivity index (χ0v) is 13.2. The van der Waals surface area contributed by atoms with Gasteiger partial charge in [-0.15, -0.1) is 0 Å². The van der Waals surface area contributed by atoms with E-state index in [0.717, 1.165) is 29.5 Å². The molecule has 0 fully saturated rings. The van der Waals surface area contributed by atoms with Crippen LogP contribution in [0, 0.1) is 6.92 Å². The van der Waals surface area contributed by atoms with Crippen molar-refractivity contribution in [1.29, 1.82) is 0 Å². The maximum atomic E-state index is 11.8. The lowest BCUT2D eigenvalue weighted by molar-refractivity contribution is -0.120. The molecule has 0 radical (unpaired) electrons. The van der Waals surface area contributed by atoms with Gasteiger partial charge in [-0.2, -0.15) is 0 Å². The van der Waals surface area contributed by atoms with Crippen molar-refractivity contribution in [2.75, 3.05) is 6.54 Å². The smallest absolute Gasteiger partial charge is 0.233 e. The first-order chi connectivity index (χ1) is 8.93. The second-order valence-corrected chi connectivity index (χ2v) is 6.27. The topological polar surface area (TPSA) is 54.9 Å². The number of hydrogen-bond donors (Lipinski definition) is 1. The quantitative estimate of drug-likeness (QED) is 0.643. The van der Waals surface area contributed by atoms with Gasteiger partial charge in [-0.25, -0.2) is 9.97 Å². The van der Waals surface area contributed by atoms with Gasteiger partial charge in [0.2, 0.25) is 5.91 Å². The summed E-state index contributed by atoms with van der Waals surface area (Å²) in [6.45, 7) is 10.8. The maximum Gasteiger partial charge on any atom is 0.233 e. The molecular formula is C14H23N3OS. The molecule has 0 saturated carbocycles. The van der Waals surface area contributed by atoms with Gasteiger partial charge in [-0.1, -0.05) is 32.5 Å². The average Bonchev–Trinajstić information content (AvgIpc) is 2.34. The van der Waals surface area contributed by atoms with Crippen LogP contribution in [0.2, 0.25) is 0 Å². The summed E-state index contributed by atoms with van der Waals surface area (Å²) < 4.78 is 0. The Labute approximate surface area is 119 Å². The Balaban J connectivity index is 2.73. The number of rotatable bonds is 6. The van der Waals surface area contributed by atoms with Crippen LogP contribution >= 0.6 is 11.8 Å². The van der Waals surface area contributed by atoms with Crippen LogP contribution in [0.15, 0.2) is 11.1 Å². The lowest BCUT2D eigenvalue weighted by Crippen LogP contribution is -2.31. The Morgan fingerprint density at radius 3 is 2.63 bits per heavy atom. The van der Waals surface area contributed by atoms with Crippen LogP contribution < -0.4 is 5.32 Å². The van der Waals surface area contributed by atoms with Crippen LogP contribution in [-0.2, 0) is 4.79 Å². The van der Waals surface area contributed by atoms with E-state index in [0.29, 0.717) is 5.92 Å². The molecule has 0 bridgehead atoms. The lowest BCUT2D eigenvalue weighted by Gasteiger charge is -2.12. The molecule has 5 heteroatoms. The van der Waals surface area contributed by atoms with Crippen LogP contribution in [0.1, 0.15) is 51.6 Å². The molecule has 1 aromatic rings. The van der Waals surface area contributed by atoms with E-state index >= 15 is 0 Å². The number of hydrogen-bond acceptors (Lipinski definition) is 4. The molecule has 19 heavy (non-hydrogen) atoms. The third-order valence-corrected chi connectivity index (χ3v) is 3.60. The minimum absolute atomic E-state index is 0.0641. The van der Waals surface area contributed by atoms with E-state index < -0.39 is 0 Å². The first-order valence-corrected chi connectivity index (χ1v) is 7.62. The normalized spacial score (nSPS) is 12.5. The SMILES string of the molecule is CCCNC(=O)[C@@H](C)Sc1cc(C)nc(C(C)C)n1. The lowest BCUT2D eigenvalue weighted by atomic mass is 10.2. The van der Waals surface area contributed by atoms with Crippen LogP contribution in [0.3, 0.4) is 0 Å². The van der Waals surface area contributed by atoms with Crippen molar-refractivity contribution >= 4 is 17.7 Å². The molecule has 1 rings (SSSR count). The van der Waals surface area contributed by atoms with Crippen molar-refractivity contribution in [1.82, 2.24) is 15.3 Å². The highest BCUT2D eigenvalue weighted by atomic mass is 32.2. The molecule has 0 spiro atoms. The van der Waals surface area contributed by atoms with Gasteiger partial charge < -0.3 is 5.32 Å². The molecule has 0 aliphatic heterocycles. The van der Waals surface area contributed by atoms with Gasteiger partial charge in [0.1, 0.15) is 10.9 Å². The molecule has 0 saturated heterocycles. The second-order valence-electron chi connectivity index (χ2n) is 4.91. The fourth-order valence-corrected chi connectivity index (χ4v) is 2.44. The molecule has 1 atom stereocenters. The van der Waals surface area contributed by atoms with Crippen molar-refractivity contribution in [2.24, 2.45) is 0 Å². The fourth-order valence-electron chi connectivity index (χ4n) is 1.51. The molecule has 1 N–H and O–H groups in total. The summed E-state index contributed by atoms with van der Waals surface area (Å²) in [7, 11) is 0. The average molecular weight is 281 g/mol. The number of aromatic nitrogens is 2. The largest absolute Gasteiger partial charge is 0.355 e. The van der Waals surface area contributed by atoms with Gasteiger partial charge in [0.05, 0.1) is 5.25 Å². The first-order valence-electron chi connectivity index (χ1n) is 6.74. The third kappa shape index (κ3) is 5.19. The number of aryl methyl sites for hydroxylation is 1. The number of carbonyl (C=O) groups is 1. The van der Waals surface area contributed by atoms with E-state index in [-0.39, 0.29) is 11.2 Å². The molecule has 4 nitrogen and oxygen atoms in total. The fraction of sp³-hybridized carbons (Fsp3) is 0.643. The van der Waals surface area contributed by atoms with Crippen molar-refractivity contribution in [3.63, 3.8) is 0 Å². The predicted octanol–water partition coefficient (Wildman–Crippen LogP) is 2.92. The Bertz CT molecular complexity index is 435. The Morgan fingerprint density at radius 2 is 2.05 bits per heavy atom. The van der Waals surface area contributed by atoms with E-state index in [1.165, 1.54) is 11.8 Å². The summed E-state index contributed by atoms with van der Waals surface area (Å²) in [5.74, 6) is 1.20. The van der Waals surface area contributed by atoms with E-state index in [2.05, 4.69) is 29.1 Å². The number of nitrogens with one attached hydrogen (secondary N) is 1. The predicted molar refractivity (Wildman–Crippen MR) is 79.5 cm³/mol. The molecule has 106 valence electrons. The highest BCUT2D eigenvalue weighted by Crippen LogP contribution is 2.23. The van der Waals surface area contributed by atoms with Gasteiger partial charge in [0.15, 0.2) is 0 Å². The zero-order chi connectivity index (χ0) is 14.4. The second kappa shape index (κ2) is 7.48. The summed E-state index contributed by atoms with van der Waals surface area (Å²) in [5.41, 5.74) is 0.947. The van der Waals surface area contributed by atoms with Crippen LogP contribution in [0.4, 0.5) is 0 Å². The van der Waals surface area contributed by atoms with Crippen LogP contribution in [-0.4, -0.2) is 27.7 Å². The molecule has 1 aromatic heterocycles. The molecule has 0 aliphatic carbocycles. The number of amides is 1. The minimum Gasteiger partial charge on any atom is -0.355 e. The molecule has 0 unspecified atom stereocenters. The van der Waals surface area contributed by atoms with Gasteiger partial charge in [0, 0.05) is 18.2 Å². The number of nitrogens with zero attached hydrogens (tertiary/aromatic N) is 2. The van der Waals surface area contributed by atoms with Gasteiger partial charge in [-0.3, -0.25) is 4.79 Å². The Morgan fingerprint density at radius 1 is 1.37 bits per heavy atom. The summed E-state index contributed by atoms with van der Waals surface area (Å²) in [5, 5.41) is 3.63. The van der Waals surface area contributed by atoms with E-state index in [1.807, 2.05) is 26.8 Å². The van der Waals surface area contributed by atoms with Gasteiger partial charge in [0.25, 0.3) is 0 Å². The summed E-state index contributed by atoms with van der Waals surface area (Å²) in [6.07, 6.45) is 0.952. The first kappa shape index (κ1) is 16.0. The Hall–Kier alpha value is -1.10. The highest BCUT2D eigenvalue weighted by molar-refractivity contribution is 8.00. The van der Waals surface area contributed by atoms with Crippen molar-refractivity contribution in [2.45, 2.75) is 57.2 Å². The Kier molecular flexibility index (Phi) is 6.28. The standard InChI is InChI=1S/C14H23N3OS/c1-6-7-15-14(18)11(5)19-12-8-10(4)16-13(17-12)9(2)3/h8-9,11H,6-7H2,1-5H3,(H,15,18)/t11-/m1/s1. The van der Waals surface area contributed by atoms with Gasteiger partial charge in [-0.05, 0) is 26.3 Å². The van der Waals surface area contributed by atoms with Gasteiger partial charge >= 0.3 is 0 Å². The molecule has 0 aromatic carbocycles. The minimum atomic E-state index is -0.138. The van der Waals surface area contributed by atoms with E-state index in [4.69, 9.17) is 0 Å². The summed E-state index contributed by atoms with van der Waals surface area (Å²) in [4.78, 5) is 20.8. The third-order valence-electron chi connectivity index (χ3n) is 2.58. The molecule has 0 aliphatic rings. The molecular weight excluding hydrogens is 258 g/mol. The van der Waals surface area contributed by atoms with Crippen LogP contribution in [0.5, 0.6) is 0 Å². The van der Waals surface area contributed by atoms with Crippen molar-refractivity contribution in [3.05, 3.63) is 17.6 Å². The number of carbonyl (C=O) groups excluding carboxylic acids is 1. The van der Waals surface area contributed by atoms with Crippen molar-refractivity contribution in [3.8, 4) is 0 Å². The van der Waals surface area contributed by atoms with E-state index in [1.54, 1.807) is 0 Å². The molecule has 1 heterocycles.